The lowest BCUT2D eigenvalue weighted by molar-refractivity contribution is -0.129. The van der Waals surface area contributed by atoms with Crippen molar-refractivity contribution in [1.82, 2.24) is 10.4 Å². The van der Waals surface area contributed by atoms with E-state index in [0.29, 0.717) is 18.0 Å². The summed E-state index contributed by atoms with van der Waals surface area (Å²) in [7, 11) is 1.25. The van der Waals surface area contributed by atoms with Gasteiger partial charge in [-0.05, 0) is 0 Å². The van der Waals surface area contributed by atoms with Gasteiger partial charge in [-0.2, -0.15) is 0 Å². The summed E-state index contributed by atoms with van der Waals surface area (Å²) in [6.45, 7) is 0. The van der Waals surface area contributed by atoms with Gasteiger partial charge in [0.15, 0.2) is 0 Å². The molecular formula is C7H9N3O4S. The van der Waals surface area contributed by atoms with E-state index in [-0.39, 0.29) is 5.71 Å². The number of hydrogen-bond acceptors (Lipinski definition) is 6. The van der Waals surface area contributed by atoms with Crippen LogP contribution >= 0.6 is 11.8 Å². The van der Waals surface area contributed by atoms with Crippen LogP contribution in [0.3, 0.4) is 0 Å². The lowest BCUT2D eigenvalue weighted by Gasteiger charge is -2.18. The van der Waals surface area contributed by atoms with Gasteiger partial charge in [0.05, 0.1) is 5.88 Å². The van der Waals surface area contributed by atoms with Crippen molar-refractivity contribution in [2.75, 3.05) is 13.0 Å². The Balaban J connectivity index is 2.88. The predicted octanol–water partition coefficient (Wildman–Crippen LogP) is -0.418. The minimum atomic E-state index is -1.22. The molecular weight excluding hydrogens is 222 g/mol. The van der Waals surface area contributed by atoms with Crippen molar-refractivity contribution in [3.63, 3.8) is 0 Å². The van der Waals surface area contributed by atoms with Crippen LogP contribution in [-0.4, -0.2) is 41.2 Å². The Kier molecular flexibility index (Phi) is 3.98. The van der Waals surface area contributed by atoms with Gasteiger partial charge in [0, 0.05) is 5.41 Å². The zero-order chi connectivity index (χ0) is 11.3. The highest BCUT2D eigenvalue weighted by Crippen LogP contribution is 2.22. The zero-order valence-electron chi connectivity index (χ0n) is 7.84. The van der Waals surface area contributed by atoms with Crippen LogP contribution in [0.15, 0.2) is 16.3 Å². The predicted molar refractivity (Wildman–Crippen MR) is 53.7 cm³/mol. The van der Waals surface area contributed by atoms with Gasteiger partial charge in [-0.25, -0.2) is 4.79 Å². The third-order valence-electron chi connectivity index (χ3n) is 1.53. The van der Waals surface area contributed by atoms with E-state index < -0.39 is 5.97 Å². The molecule has 82 valence electrons. The van der Waals surface area contributed by atoms with Gasteiger partial charge >= 0.3 is 5.97 Å². The molecule has 0 aliphatic carbocycles. The molecule has 0 spiro atoms. The second kappa shape index (κ2) is 5.25. The highest BCUT2D eigenvalue weighted by atomic mass is 32.2. The molecule has 0 aromatic heterocycles. The highest BCUT2D eigenvalue weighted by molar-refractivity contribution is 8.02. The first-order valence-corrected chi connectivity index (χ1v) is 4.89. The number of nitrogens with one attached hydrogen (secondary N) is 1. The topological polar surface area (TPSA) is 91.2 Å². The van der Waals surface area contributed by atoms with Crippen LogP contribution in [0, 0.1) is 0 Å². The van der Waals surface area contributed by atoms with Crippen molar-refractivity contribution in [2.24, 2.45) is 5.16 Å². The number of amides is 1. The number of carboxylic acids is 1. The van der Waals surface area contributed by atoms with E-state index in [9.17, 15) is 9.59 Å². The van der Waals surface area contributed by atoms with Gasteiger partial charge in [0.1, 0.15) is 12.8 Å². The summed E-state index contributed by atoms with van der Waals surface area (Å²) < 4.78 is 0. The van der Waals surface area contributed by atoms with E-state index in [1.165, 1.54) is 23.9 Å². The summed E-state index contributed by atoms with van der Waals surface area (Å²) in [5.74, 6) is -0.785. The Morgan fingerprint density at radius 3 is 3.13 bits per heavy atom. The van der Waals surface area contributed by atoms with Crippen molar-refractivity contribution in [3.05, 3.63) is 11.1 Å². The zero-order valence-corrected chi connectivity index (χ0v) is 8.65. The van der Waals surface area contributed by atoms with Crippen molar-refractivity contribution >= 4 is 29.9 Å². The first kappa shape index (κ1) is 11.4. The van der Waals surface area contributed by atoms with Crippen molar-refractivity contribution in [1.29, 1.82) is 0 Å². The number of carbonyl (C=O) groups is 2. The molecule has 0 saturated carbocycles. The van der Waals surface area contributed by atoms with Crippen LogP contribution in [0.25, 0.3) is 0 Å². The molecule has 0 atom stereocenters. The molecule has 1 aliphatic rings. The molecule has 0 unspecified atom stereocenters. The van der Waals surface area contributed by atoms with E-state index in [4.69, 9.17) is 5.11 Å². The van der Waals surface area contributed by atoms with Crippen LogP contribution in [-0.2, 0) is 14.4 Å². The molecule has 15 heavy (non-hydrogen) atoms. The number of rotatable bonds is 5. The molecule has 0 aromatic carbocycles. The fourth-order valence-electron chi connectivity index (χ4n) is 0.965. The van der Waals surface area contributed by atoms with E-state index >= 15 is 0 Å². The average Bonchev–Trinajstić information content (AvgIpc) is 2.62. The number of carbonyl (C=O) groups excluding carboxylic acids is 1. The minimum absolute atomic E-state index is 0.253. The first-order chi connectivity index (χ1) is 7.20. The number of thioether (sulfide) groups is 1. The SMILES string of the molecule is CO/N=C(\C(=O)O)C1=CSCN1NC=O. The Morgan fingerprint density at radius 1 is 1.87 bits per heavy atom. The molecule has 0 aromatic rings. The fourth-order valence-corrected chi connectivity index (χ4v) is 1.80. The third-order valence-corrected chi connectivity index (χ3v) is 2.32. The molecule has 0 saturated heterocycles. The summed E-state index contributed by atoms with van der Waals surface area (Å²) in [6.07, 6.45) is 0.464. The molecule has 1 rings (SSSR count). The lowest BCUT2D eigenvalue weighted by atomic mass is 10.3. The maximum Gasteiger partial charge on any atom is 0.360 e. The quantitative estimate of drug-likeness (QED) is 0.379. The van der Waals surface area contributed by atoms with E-state index in [1.807, 2.05) is 0 Å². The fraction of sp³-hybridized carbons (Fsp3) is 0.286. The maximum absolute atomic E-state index is 10.8. The summed E-state index contributed by atoms with van der Waals surface area (Å²) in [6, 6.07) is 0. The largest absolute Gasteiger partial charge is 0.476 e. The second-order valence-corrected chi connectivity index (χ2v) is 3.23. The Morgan fingerprint density at radius 2 is 2.60 bits per heavy atom. The average molecular weight is 231 g/mol. The molecule has 8 heteroatoms. The summed E-state index contributed by atoms with van der Waals surface area (Å²) in [5, 5.41) is 15.2. The molecule has 2 N–H and O–H groups in total. The molecule has 0 radical (unpaired) electrons. The normalized spacial score (nSPS) is 15.9. The number of carboxylic acid groups (broad SMARTS) is 1. The van der Waals surface area contributed by atoms with E-state index in [0.717, 1.165) is 0 Å². The number of oxime groups is 1. The third kappa shape index (κ3) is 2.62. The van der Waals surface area contributed by atoms with Crippen molar-refractivity contribution in [3.8, 4) is 0 Å². The minimum Gasteiger partial charge on any atom is -0.476 e. The van der Waals surface area contributed by atoms with Crippen LogP contribution in [0.4, 0.5) is 0 Å². The lowest BCUT2D eigenvalue weighted by Crippen LogP contribution is -2.38. The van der Waals surface area contributed by atoms with Crippen LogP contribution in [0.5, 0.6) is 0 Å². The molecule has 0 fully saturated rings. The highest BCUT2D eigenvalue weighted by Gasteiger charge is 2.25. The van der Waals surface area contributed by atoms with Crippen LogP contribution < -0.4 is 5.43 Å². The standard InChI is InChI=1S/C7H9N3O4S/c1-14-9-6(7(12)13)5-2-15-4-10(5)8-3-11/h2-3H,4H2,1H3,(H,8,11)(H,12,13)/b9-6-. The molecule has 1 aliphatic heterocycles. The number of hydrazine groups is 1. The Bertz CT molecular complexity index is 328. The van der Waals surface area contributed by atoms with Crippen LogP contribution in [0.2, 0.25) is 0 Å². The monoisotopic (exact) mass is 231 g/mol. The molecule has 7 nitrogen and oxygen atoms in total. The number of aliphatic carboxylic acids is 1. The van der Waals surface area contributed by atoms with Gasteiger partial charge in [0.2, 0.25) is 12.1 Å². The first-order valence-electron chi connectivity index (χ1n) is 3.84. The van der Waals surface area contributed by atoms with E-state index in [1.54, 1.807) is 5.41 Å². The van der Waals surface area contributed by atoms with Gasteiger partial charge in [-0.15, -0.1) is 11.8 Å². The summed E-state index contributed by atoms with van der Waals surface area (Å²) in [4.78, 5) is 25.5. The molecule has 1 heterocycles. The van der Waals surface area contributed by atoms with Gasteiger partial charge in [-0.1, -0.05) is 5.16 Å². The van der Waals surface area contributed by atoms with Crippen LogP contribution in [0.1, 0.15) is 0 Å². The van der Waals surface area contributed by atoms with Crippen molar-refractivity contribution < 1.29 is 19.5 Å². The Hall–Kier alpha value is -1.70. The summed E-state index contributed by atoms with van der Waals surface area (Å²) in [5.41, 5.74) is 2.39. The summed E-state index contributed by atoms with van der Waals surface area (Å²) >= 11 is 1.34. The van der Waals surface area contributed by atoms with Gasteiger partial charge in [0.25, 0.3) is 0 Å². The number of nitrogens with zero attached hydrogens (tertiary/aromatic N) is 2. The second-order valence-electron chi connectivity index (χ2n) is 2.40. The molecule has 0 bridgehead atoms. The Labute approximate surface area is 89.7 Å². The molecule has 1 amide bonds. The van der Waals surface area contributed by atoms with Gasteiger partial charge < -0.3 is 9.94 Å². The van der Waals surface area contributed by atoms with Gasteiger partial charge in [-0.3, -0.25) is 15.2 Å². The van der Waals surface area contributed by atoms with Crippen molar-refractivity contribution in [2.45, 2.75) is 0 Å². The number of hydrogen-bond donors (Lipinski definition) is 2. The smallest absolute Gasteiger partial charge is 0.360 e. The maximum atomic E-state index is 10.8. The van der Waals surface area contributed by atoms with E-state index in [2.05, 4.69) is 15.4 Å².